The summed E-state index contributed by atoms with van der Waals surface area (Å²) in [6.07, 6.45) is 26.5. The Labute approximate surface area is 150 Å². The van der Waals surface area contributed by atoms with Crippen LogP contribution in [0, 0.1) is 0 Å². The Kier molecular flexibility index (Phi) is 13.5. The summed E-state index contributed by atoms with van der Waals surface area (Å²) in [7, 11) is 0. The van der Waals surface area contributed by atoms with Crippen LogP contribution in [0.15, 0.2) is 24.3 Å². The molecule has 0 aromatic heterocycles. The van der Waals surface area contributed by atoms with Gasteiger partial charge in [-0.25, -0.2) is 0 Å². The lowest BCUT2D eigenvalue weighted by molar-refractivity contribution is -0.127. The van der Waals surface area contributed by atoms with Gasteiger partial charge >= 0.3 is 0 Å². The highest BCUT2D eigenvalue weighted by Gasteiger charge is 2.18. The van der Waals surface area contributed by atoms with E-state index in [0.717, 1.165) is 32.4 Å². The monoisotopic (exact) mass is 333 g/mol. The first-order valence-corrected chi connectivity index (χ1v) is 10.4. The van der Waals surface area contributed by atoms with E-state index < -0.39 is 0 Å². The number of unbranched alkanes of at least 4 members (excludes halogenated alkanes) is 9. The van der Waals surface area contributed by atoms with Crippen molar-refractivity contribution in [3.63, 3.8) is 0 Å². The normalized spacial score (nSPS) is 15.4. The lowest BCUT2D eigenvalue weighted by Gasteiger charge is -2.14. The van der Waals surface area contributed by atoms with Crippen LogP contribution < -0.4 is 0 Å². The SMILES string of the molecule is CCCCCC=CCC=CCCCCCCCCN1CCCC1=O. The Bertz CT molecular complexity index is 359. The van der Waals surface area contributed by atoms with Gasteiger partial charge in [-0.2, -0.15) is 0 Å². The molecule has 1 fully saturated rings. The third-order valence-electron chi connectivity index (χ3n) is 4.80. The molecule has 1 rings (SSSR count). The summed E-state index contributed by atoms with van der Waals surface area (Å²) in [5.74, 6) is 0.373. The Morgan fingerprint density at radius 2 is 1.46 bits per heavy atom. The van der Waals surface area contributed by atoms with Crippen molar-refractivity contribution in [2.45, 2.75) is 96.8 Å². The molecule has 1 aliphatic rings. The van der Waals surface area contributed by atoms with Crippen molar-refractivity contribution in [3.8, 4) is 0 Å². The molecule has 0 spiro atoms. The van der Waals surface area contributed by atoms with Gasteiger partial charge in [0.1, 0.15) is 0 Å². The molecule has 0 bridgehead atoms. The second-order valence-corrected chi connectivity index (χ2v) is 7.07. The second kappa shape index (κ2) is 15.5. The summed E-state index contributed by atoms with van der Waals surface area (Å²) >= 11 is 0. The first-order valence-electron chi connectivity index (χ1n) is 10.4. The van der Waals surface area contributed by atoms with Crippen LogP contribution in [0.2, 0.25) is 0 Å². The van der Waals surface area contributed by atoms with Gasteiger partial charge in [0.25, 0.3) is 0 Å². The Morgan fingerprint density at radius 1 is 0.833 bits per heavy atom. The van der Waals surface area contributed by atoms with E-state index in [0.29, 0.717) is 5.91 Å². The molecule has 0 aromatic carbocycles. The molecule has 2 heteroatoms. The second-order valence-electron chi connectivity index (χ2n) is 7.07. The highest BCUT2D eigenvalue weighted by atomic mass is 16.2. The molecule has 138 valence electrons. The largest absolute Gasteiger partial charge is 0.343 e. The van der Waals surface area contributed by atoms with Crippen LogP contribution in [0.5, 0.6) is 0 Å². The summed E-state index contributed by atoms with van der Waals surface area (Å²) in [5.41, 5.74) is 0. The average molecular weight is 334 g/mol. The molecule has 1 aliphatic heterocycles. The predicted molar refractivity (Wildman–Crippen MR) is 105 cm³/mol. The van der Waals surface area contributed by atoms with E-state index in [1.54, 1.807) is 0 Å². The third kappa shape index (κ3) is 11.5. The number of nitrogens with zero attached hydrogens (tertiary/aromatic N) is 1. The smallest absolute Gasteiger partial charge is 0.222 e. The zero-order valence-corrected chi connectivity index (χ0v) is 16.0. The van der Waals surface area contributed by atoms with Crippen molar-refractivity contribution in [3.05, 3.63) is 24.3 Å². The van der Waals surface area contributed by atoms with Gasteiger partial charge in [-0.3, -0.25) is 4.79 Å². The van der Waals surface area contributed by atoms with Gasteiger partial charge in [0.2, 0.25) is 5.91 Å². The van der Waals surface area contributed by atoms with Crippen LogP contribution in [-0.2, 0) is 4.79 Å². The molecule has 0 saturated carbocycles. The Hall–Kier alpha value is -1.05. The number of carbonyl (C=O) groups excluding carboxylic acids is 1. The van der Waals surface area contributed by atoms with Crippen molar-refractivity contribution >= 4 is 5.91 Å². The zero-order valence-electron chi connectivity index (χ0n) is 16.0. The third-order valence-corrected chi connectivity index (χ3v) is 4.80. The number of rotatable bonds is 15. The number of allylic oxidation sites excluding steroid dienone is 4. The van der Waals surface area contributed by atoms with Gasteiger partial charge in [-0.15, -0.1) is 0 Å². The van der Waals surface area contributed by atoms with Crippen molar-refractivity contribution in [2.75, 3.05) is 13.1 Å². The molecule has 0 unspecified atom stereocenters. The maximum absolute atomic E-state index is 11.5. The standard InChI is InChI=1S/C22H39NO/c1-2-3-4-5-6-7-8-9-10-11-12-13-14-15-16-17-20-23-21-18-19-22(23)24/h6-7,9-10H,2-5,8,11-21H2,1H3. The van der Waals surface area contributed by atoms with Gasteiger partial charge < -0.3 is 4.90 Å². The summed E-state index contributed by atoms with van der Waals surface area (Å²) in [4.78, 5) is 13.5. The molecule has 0 aliphatic carbocycles. The summed E-state index contributed by atoms with van der Waals surface area (Å²) < 4.78 is 0. The van der Waals surface area contributed by atoms with Crippen LogP contribution in [0.4, 0.5) is 0 Å². The number of hydrogen-bond donors (Lipinski definition) is 0. The molecule has 0 aromatic rings. The molecule has 0 N–H and O–H groups in total. The minimum atomic E-state index is 0.373. The topological polar surface area (TPSA) is 20.3 Å². The maximum Gasteiger partial charge on any atom is 0.222 e. The van der Waals surface area contributed by atoms with Crippen molar-refractivity contribution in [2.24, 2.45) is 0 Å². The van der Waals surface area contributed by atoms with E-state index in [1.807, 2.05) is 4.90 Å². The molecule has 1 heterocycles. The highest BCUT2D eigenvalue weighted by Crippen LogP contribution is 2.12. The molecule has 1 amide bonds. The van der Waals surface area contributed by atoms with Gasteiger partial charge in [0, 0.05) is 19.5 Å². The van der Waals surface area contributed by atoms with E-state index in [-0.39, 0.29) is 0 Å². The number of carbonyl (C=O) groups is 1. The summed E-state index contributed by atoms with van der Waals surface area (Å²) in [6.45, 7) is 4.25. The summed E-state index contributed by atoms with van der Waals surface area (Å²) in [5, 5.41) is 0. The van der Waals surface area contributed by atoms with E-state index in [4.69, 9.17) is 0 Å². The van der Waals surface area contributed by atoms with Crippen LogP contribution in [-0.4, -0.2) is 23.9 Å². The fourth-order valence-electron chi connectivity index (χ4n) is 3.23. The minimum Gasteiger partial charge on any atom is -0.343 e. The lowest BCUT2D eigenvalue weighted by Crippen LogP contribution is -2.25. The van der Waals surface area contributed by atoms with Crippen LogP contribution in [0.25, 0.3) is 0 Å². The minimum absolute atomic E-state index is 0.373. The van der Waals surface area contributed by atoms with Crippen LogP contribution >= 0.6 is 0 Å². The van der Waals surface area contributed by atoms with E-state index in [2.05, 4.69) is 31.2 Å². The van der Waals surface area contributed by atoms with Crippen molar-refractivity contribution < 1.29 is 4.79 Å². The molecule has 0 radical (unpaired) electrons. The zero-order chi connectivity index (χ0) is 17.3. The number of likely N-dealkylation sites (tertiary alicyclic amines) is 1. The van der Waals surface area contributed by atoms with E-state index >= 15 is 0 Å². The van der Waals surface area contributed by atoms with Crippen molar-refractivity contribution in [1.29, 1.82) is 0 Å². The highest BCUT2D eigenvalue weighted by molar-refractivity contribution is 5.77. The quantitative estimate of drug-likeness (QED) is 0.250. The van der Waals surface area contributed by atoms with Crippen LogP contribution in [0.1, 0.15) is 96.8 Å². The summed E-state index contributed by atoms with van der Waals surface area (Å²) in [6, 6.07) is 0. The van der Waals surface area contributed by atoms with E-state index in [9.17, 15) is 4.79 Å². The van der Waals surface area contributed by atoms with Gasteiger partial charge in [0.05, 0.1) is 0 Å². The molecular formula is C22H39NO. The molecule has 24 heavy (non-hydrogen) atoms. The van der Waals surface area contributed by atoms with Crippen molar-refractivity contribution in [1.82, 2.24) is 4.90 Å². The number of hydrogen-bond acceptors (Lipinski definition) is 1. The predicted octanol–water partition coefficient (Wildman–Crippen LogP) is 6.42. The van der Waals surface area contributed by atoms with E-state index in [1.165, 1.54) is 70.6 Å². The van der Waals surface area contributed by atoms with Gasteiger partial charge in [0.15, 0.2) is 0 Å². The maximum atomic E-state index is 11.5. The average Bonchev–Trinajstić information content (AvgIpc) is 2.99. The molecular weight excluding hydrogens is 294 g/mol. The van der Waals surface area contributed by atoms with Gasteiger partial charge in [-0.05, 0) is 44.9 Å². The number of amides is 1. The fraction of sp³-hybridized carbons (Fsp3) is 0.773. The first kappa shape index (κ1) is 21.0. The van der Waals surface area contributed by atoms with Crippen LogP contribution in [0.3, 0.4) is 0 Å². The molecule has 2 nitrogen and oxygen atoms in total. The molecule has 0 atom stereocenters. The molecule has 1 saturated heterocycles. The lowest BCUT2D eigenvalue weighted by atomic mass is 10.1. The Morgan fingerprint density at radius 3 is 2.08 bits per heavy atom. The fourth-order valence-corrected chi connectivity index (χ4v) is 3.23. The van der Waals surface area contributed by atoms with Gasteiger partial charge in [-0.1, -0.05) is 69.8 Å². The first-order chi connectivity index (χ1) is 11.8. The Balaban J connectivity index is 1.78.